The van der Waals surface area contributed by atoms with Gasteiger partial charge in [0.15, 0.2) is 5.75 Å². The Morgan fingerprint density at radius 2 is 1.64 bits per heavy atom. The molecular formula is C14H22NO6P. The molecule has 0 spiro atoms. The molecule has 0 atom stereocenters. The van der Waals surface area contributed by atoms with Crippen molar-refractivity contribution in [2.75, 3.05) is 37.8 Å². The van der Waals surface area contributed by atoms with Gasteiger partial charge in [-0.3, -0.25) is 14.2 Å². The van der Waals surface area contributed by atoms with Crippen LogP contribution >= 0.6 is 7.60 Å². The number of hydrogen-bond donors (Lipinski definition) is 1. The Balaban J connectivity index is 2.50. The van der Waals surface area contributed by atoms with Crippen LogP contribution in [-0.2, 0) is 13.6 Å². The fraction of sp³-hybridized carbons (Fsp3) is 0.571. The van der Waals surface area contributed by atoms with Crippen LogP contribution in [0, 0.1) is 0 Å². The maximum atomic E-state index is 12.2. The smallest absolute Gasteiger partial charge is 0.334 e. The summed E-state index contributed by atoms with van der Waals surface area (Å²) in [6, 6.07) is 0. The van der Waals surface area contributed by atoms with Crippen molar-refractivity contribution in [1.29, 1.82) is 0 Å². The van der Waals surface area contributed by atoms with E-state index >= 15 is 0 Å². The van der Waals surface area contributed by atoms with Gasteiger partial charge in [-0.05, 0) is 20.8 Å². The first-order valence-electron chi connectivity index (χ1n) is 7.22. The topological polar surface area (TPSA) is 90.9 Å². The van der Waals surface area contributed by atoms with Gasteiger partial charge in [0.25, 0.3) is 10.9 Å². The van der Waals surface area contributed by atoms with E-state index in [0.29, 0.717) is 26.4 Å². The summed E-state index contributed by atoms with van der Waals surface area (Å²) in [7, 11) is -3.09. The van der Waals surface area contributed by atoms with E-state index in [4.69, 9.17) is 13.8 Å². The van der Waals surface area contributed by atoms with E-state index < -0.39 is 18.5 Å². The lowest BCUT2D eigenvalue weighted by Crippen LogP contribution is -2.35. The average molecular weight is 331 g/mol. The van der Waals surface area contributed by atoms with Crippen molar-refractivity contribution < 1.29 is 18.3 Å². The number of nitrogens with one attached hydrogen (secondary N) is 1. The molecule has 0 bridgehead atoms. The van der Waals surface area contributed by atoms with Crippen LogP contribution in [0.4, 0.5) is 5.69 Å². The normalized spacial score (nSPS) is 12.1. The molecule has 22 heavy (non-hydrogen) atoms. The Bertz CT molecular complexity index is 607. The summed E-state index contributed by atoms with van der Waals surface area (Å²) in [5.74, 6) is 0.0789. The van der Waals surface area contributed by atoms with Crippen molar-refractivity contribution in [3.05, 3.63) is 32.6 Å². The second-order valence-electron chi connectivity index (χ2n) is 4.28. The molecule has 0 aliphatic rings. The molecule has 0 radical (unpaired) electrons. The fourth-order valence-corrected chi connectivity index (χ4v) is 3.28. The zero-order chi connectivity index (χ0) is 16.6. The second-order valence-corrected chi connectivity index (χ2v) is 6.38. The molecular weight excluding hydrogens is 309 g/mol. The van der Waals surface area contributed by atoms with Crippen LogP contribution in [0.2, 0.25) is 0 Å². The fourth-order valence-electron chi connectivity index (χ4n) is 1.80. The lowest BCUT2D eigenvalue weighted by atomic mass is 10.2. The third-order valence-electron chi connectivity index (χ3n) is 2.70. The summed E-state index contributed by atoms with van der Waals surface area (Å²) < 4.78 is 27.5. The minimum Gasteiger partial charge on any atom is -0.488 e. The molecule has 7 nitrogen and oxygen atoms in total. The Hall–Kier alpha value is -1.43. The molecule has 1 N–H and O–H groups in total. The predicted octanol–water partition coefficient (Wildman–Crippen LogP) is 1.92. The molecule has 0 saturated carbocycles. The van der Waals surface area contributed by atoms with Gasteiger partial charge >= 0.3 is 7.60 Å². The Morgan fingerprint density at radius 1 is 1.00 bits per heavy atom. The lowest BCUT2D eigenvalue weighted by molar-refractivity contribution is 0.222. The van der Waals surface area contributed by atoms with Gasteiger partial charge in [-0.25, -0.2) is 0 Å². The van der Waals surface area contributed by atoms with Gasteiger partial charge in [0.2, 0.25) is 0 Å². The number of hydrogen-bond acceptors (Lipinski definition) is 7. The van der Waals surface area contributed by atoms with E-state index in [2.05, 4.69) is 5.32 Å². The van der Waals surface area contributed by atoms with Crippen LogP contribution in [0.3, 0.4) is 0 Å². The van der Waals surface area contributed by atoms with Crippen LogP contribution in [0.1, 0.15) is 20.8 Å². The van der Waals surface area contributed by atoms with Crippen molar-refractivity contribution in [3.63, 3.8) is 0 Å². The molecule has 8 heteroatoms. The van der Waals surface area contributed by atoms with Crippen LogP contribution in [0.5, 0.6) is 5.75 Å². The predicted molar refractivity (Wildman–Crippen MR) is 85.9 cm³/mol. The first kappa shape index (κ1) is 18.6. The Morgan fingerprint density at radius 3 is 2.18 bits per heavy atom. The molecule has 0 fully saturated rings. The first-order chi connectivity index (χ1) is 10.5. The summed E-state index contributed by atoms with van der Waals surface area (Å²) in [5.41, 5.74) is -0.994. The molecule has 0 saturated heterocycles. The van der Waals surface area contributed by atoms with Crippen LogP contribution in [-0.4, -0.2) is 32.5 Å². The average Bonchev–Trinajstić information content (AvgIpc) is 2.49. The van der Waals surface area contributed by atoms with Crippen molar-refractivity contribution in [1.82, 2.24) is 0 Å². The molecule has 0 unspecified atom stereocenters. The largest absolute Gasteiger partial charge is 0.488 e. The van der Waals surface area contributed by atoms with Crippen LogP contribution < -0.4 is 20.9 Å². The van der Waals surface area contributed by atoms with E-state index in [0.717, 1.165) is 0 Å². The summed E-state index contributed by atoms with van der Waals surface area (Å²) in [5, 5.41) is 2.81. The summed E-state index contributed by atoms with van der Waals surface area (Å²) in [6.45, 7) is 6.48. The zero-order valence-electron chi connectivity index (χ0n) is 13.1. The molecule has 0 aliphatic carbocycles. The van der Waals surface area contributed by atoms with Gasteiger partial charge < -0.3 is 19.1 Å². The number of rotatable bonds is 11. The van der Waals surface area contributed by atoms with Gasteiger partial charge in [0, 0.05) is 6.54 Å². The maximum absolute atomic E-state index is 12.2. The van der Waals surface area contributed by atoms with E-state index in [1.54, 1.807) is 32.9 Å². The van der Waals surface area contributed by atoms with Gasteiger partial charge in [-0.15, -0.1) is 0 Å². The van der Waals surface area contributed by atoms with Crippen LogP contribution in [0.25, 0.3) is 0 Å². The Kier molecular flexibility index (Phi) is 7.51. The highest BCUT2D eigenvalue weighted by Gasteiger charge is 2.22. The van der Waals surface area contributed by atoms with Gasteiger partial charge in [0.1, 0.15) is 5.69 Å². The number of ether oxygens (including phenoxy) is 1. The highest BCUT2D eigenvalue weighted by Crippen LogP contribution is 2.47. The van der Waals surface area contributed by atoms with E-state index in [1.165, 1.54) is 0 Å². The minimum absolute atomic E-state index is 0.0789. The molecule has 1 rings (SSSR count). The zero-order valence-corrected chi connectivity index (χ0v) is 14.0. The summed E-state index contributed by atoms with van der Waals surface area (Å²) in [6.07, 6.45) is 3.50. The van der Waals surface area contributed by atoms with Crippen molar-refractivity contribution in [2.24, 2.45) is 0 Å². The maximum Gasteiger partial charge on any atom is 0.334 e. The quantitative estimate of drug-likeness (QED) is 0.376. The standard InChI is InChI=1S/C14H22NO6P/c1-4-19-14-11(12(16)13(14)17)15-9-7-8-10-22(18,20-5-2)21-6-3/h7-8,15H,4-6,9-10H2,1-3H3. The molecule has 124 valence electrons. The molecule has 0 amide bonds. The summed E-state index contributed by atoms with van der Waals surface area (Å²) >= 11 is 0. The molecule has 1 aromatic rings. The van der Waals surface area contributed by atoms with Gasteiger partial charge in [-0.1, -0.05) is 12.2 Å². The highest BCUT2D eigenvalue weighted by atomic mass is 31.2. The number of anilines is 1. The molecule has 0 heterocycles. The third-order valence-corrected chi connectivity index (χ3v) is 4.66. The molecule has 0 aromatic heterocycles. The third kappa shape index (κ3) is 4.80. The molecule has 0 aliphatic heterocycles. The number of allylic oxidation sites excluding steroid dienone is 1. The van der Waals surface area contributed by atoms with Crippen molar-refractivity contribution in [2.45, 2.75) is 20.8 Å². The van der Waals surface area contributed by atoms with E-state index in [1.807, 2.05) is 0 Å². The highest BCUT2D eigenvalue weighted by molar-refractivity contribution is 7.54. The van der Waals surface area contributed by atoms with Gasteiger partial charge in [0.05, 0.1) is 26.0 Å². The minimum atomic E-state index is -3.09. The monoisotopic (exact) mass is 331 g/mol. The molecule has 1 aromatic carbocycles. The van der Waals surface area contributed by atoms with Crippen molar-refractivity contribution >= 4 is 13.3 Å². The second kappa shape index (κ2) is 8.88. The summed E-state index contributed by atoms with van der Waals surface area (Å²) in [4.78, 5) is 22.6. The Labute approximate surface area is 129 Å². The van der Waals surface area contributed by atoms with E-state index in [-0.39, 0.29) is 17.6 Å². The lowest BCUT2D eigenvalue weighted by Gasteiger charge is -2.15. The van der Waals surface area contributed by atoms with E-state index in [9.17, 15) is 14.2 Å². The van der Waals surface area contributed by atoms with Crippen LogP contribution in [0.15, 0.2) is 21.7 Å². The SMILES string of the molecule is CCOc1c(NCC=CCP(=O)(OCC)OCC)c(=O)c1=O. The van der Waals surface area contributed by atoms with Gasteiger partial charge in [-0.2, -0.15) is 0 Å². The first-order valence-corrected chi connectivity index (χ1v) is 8.94. The van der Waals surface area contributed by atoms with Crippen molar-refractivity contribution in [3.8, 4) is 5.75 Å².